The molecule has 0 atom stereocenters. The summed E-state index contributed by atoms with van der Waals surface area (Å²) in [6, 6.07) is 0. The van der Waals surface area contributed by atoms with Crippen molar-refractivity contribution in [1.29, 1.82) is 0 Å². The zero-order chi connectivity index (χ0) is 15.1. The van der Waals surface area contributed by atoms with E-state index in [2.05, 4.69) is 29.6 Å². The van der Waals surface area contributed by atoms with Gasteiger partial charge in [0.2, 0.25) is 8.77 Å². The number of rotatable bonds is 5. The monoisotopic (exact) mass is 434 g/mol. The molecule has 3 nitrogen and oxygen atoms in total. The molecule has 0 fully saturated rings. The Morgan fingerprint density at radius 1 is 0.850 bits per heavy atom. The largest absolute Gasteiger partial charge is 1.00 e. The summed E-state index contributed by atoms with van der Waals surface area (Å²) in [4.78, 5) is 0. The van der Waals surface area contributed by atoms with Gasteiger partial charge in [0.05, 0.1) is 19.8 Å². The van der Waals surface area contributed by atoms with Crippen molar-refractivity contribution in [2.75, 3.05) is 19.8 Å². The van der Waals surface area contributed by atoms with Crippen molar-refractivity contribution in [1.82, 2.24) is 0 Å². The minimum absolute atomic E-state index is 0. The molecule has 0 aromatic carbocycles. The van der Waals surface area contributed by atoms with E-state index < -0.39 is 0 Å². The number of thiocarbonyl (C=S) groups is 3. The summed E-state index contributed by atoms with van der Waals surface area (Å²) in [5.74, 6) is 0. The second-order valence-corrected chi connectivity index (χ2v) is 8.39. The zero-order valence-corrected chi connectivity index (χ0v) is 20.5. The summed E-state index contributed by atoms with van der Waals surface area (Å²) in [5.41, 5.74) is 0. The molecule has 0 saturated heterocycles. The molecule has 0 amide bonds. The molecule has 0 unspecified atom stereocenters. The standard InChI is InChI=1S/C6H10O2S5.C3H6OS2.K/c1-3-7-5(9)11-13-12-6(10)8-4-2;1-2-4-3(5)6;/h3-4H2,1-2H3;2H2,1H3,(H,5,6);/q;;+1/p-1. The quantitative estimate of drug-likeness (QED) is 0.274. The second-order valence-electron chi connectivity index (χ2n) is 2.28. The van der Waals surface area contributed by atoms with E-state index in [0.29, 0.717) is 28.6 Å². The van der Waals surface area contributed by atoms with Gasteiger partial charge in [-0.1, -0.05) is 0 Å². The predicted octanol–water partition coefficient (Wildman–Crippen LogP) is 1.52. The van der Waals surface area contributed by atoms with Gasteiger partial charge in [0.15, 0.2) is 0 Å². The van der Waals surface area contributed by atoms with Crippen molar-refractivity contribution >= 4 is 93.8 Å². The van der Waals surface area contributed by atoms with Gasteiger partial charge in [0.1, 0.15) is 0 Å². The molecule has 0 spiro atoms. The van der Waals surface area contributed by atoms with E-state index in [4.69, 9.17) is 33.9 Å². The van der Waals surface area contributed by atoms with E-state index in [-0.39, 0.29) is 55.8 Å². The Morgan fingerprint density at radius 2 is 1.20 bits per heavy atom. The number of hydrogen-bond acceptors (Lipinski definition) is 10. The van der Waals surface area contributed by atoms with Crippen LogP contribution in [0.3, 0.4) is 0 Å². The molecule has 0 saturated carbocycles. The van der Waals surface area contributed by atoms with E-state index in [1.165, 1.54) is 31.4 Å². The Labute approximate surface area is 196 Å². The maximum Gasteiger partial charge on any atom is 1.00 e. The van der Waals surface area contributed by atoms with Crippen molar-refractivity contribution in [3.8, 4) is 0 Å². The van der Waals surface area contributed by atoms with Crippen LogP contribution in [-0.2, 0) is 26.8 Å². The fraction of sp³-hybridized carbons (Fsp3) is 0.667. The van der Waals surface area contributed by atoms with Crippen LogP contribution < -0.4 is 51.4 Å². The van der Waals surface area contributed by atoms with Crippen molar-refractivity contribution in [3.05, 3.63) is 0 Å². The average molecular weight is 435 g/mol. The predicted molar refractivity (Wildman–Crippen MR) is 103 cm³/mol. The Kier molecular flexibility index (Phi) is 29.6. The van der Waals surface area contributed by atoms with Gasteiger partial charge in [0.25, 0.3) is 0 Å². The molecule has 11 heteroatoms. The van der Waals surface area contributed by atoms with Gasteiger partial charge in [-0.05, 0) is 55.0 Å². The van der Waals surface area contributed by atoms with Crippen LogP contribution in [0, 0.1) is 0 Å². The van der Waals surface area contributed by atoms with Gasteiger partial charge in [-0.15, -0.1) is 0 Å². The fourth-order valence-corrected chi connectivity index (χ4v) is 4.95. The molecule has 0 radical (unpaired) electrons. The van der Waals surface area contributed by atoms with Crippen LogP contribution in [0.5, 0.6) is 0 Å². The van der Waals surface area contributed by atoms with E-state index >= 15 is 0 Å². The molecule has 0 heterocycles. The number of ether oxygens (including phenoxy) is 3. The van der Waals surface area contributed by atoms with Gasteiger partial charge >= 0.3 is 51.4 Å². The van der Waals surface area contributed by atoms with Crippen LogP contribution in [-0.4, -0.2) is 33.0 Å². The van der Waals surface area contributed by atoms with Crippen LogP contribution in [0.1, 0.15) is 20.8 Å². The van der Waals surface area contributed by atoms with E-state index in [0.717, 1.165) is 0 Å². The molecular formula is C9H15KO3S7. The molecule has 112 valence electrons. The summed E-state index contributed by atoms with van der Waals surface area (Å²) in [5, 5.41) is 0. The second kappa shape index (κ2) is 21.6. The van der Waals surface area contributed by atoms with Gasteiger partial charge < -0.3 is 39.1 Å². The van der Waals surface area contributed by atoms with Crippen molar-refractivity contribution in [3.63, 3.8) is 0 Å². The SMILES string of the molecule is CCOC(=S)SSSC(=S)OCC.CCOC(=S)[S-].[K+]. The average Bonchev–Trinajstić information content (AvgIpc) is 2.30. The molecule has 0 aliphatic carbocycles. The molecule has 0 N–H and O–H groups in total. The molecular weight excluding hydrogens is 420 g/mol. The van der Waals surface area contributed by atoms with Gasteiger partial charge in [-0.2, -0.15) is 0 Å². The Morgan fingerprint density at radius 3 is 1.40 bits per heavy atom. The third-order valence-electron chi connectivity index (χ3n) is 0.991. The van der Waals surface area contributed by atoms with Crippen LogP contribution in [0.4, 0.5) is 0 Å². The van der Waals surface area contributed by atoms with Gasteiger partial charge in [-0.3, -0.25) is 0 Å². The van der Waals surface area contributed by atoms with E-state index in [9.17, 15) is 0 Å². The van der Waals surface area contributed by atoms with Crippen molar-refractivity contribution in [2.24, 2.45) is 0 Å². The molecule has 0 aliphatic heterocycles. The molecule has 0 bridgehead atoms. The molecule has 0 aromatic heterocycles. The normalized spacial score (nSPS) is 8.35. The van der Waals surface area contributed by atoms with Gasteiger partial charge in [0, 0.05) is 26.0 Å². The van der Waals surface area contributed by atoms with Crippen molar-refractivity contribution in [2.45, 2.75) is 20.8 Å². The molecule has 20 heavy (non-hydrogen) atoms. The topological polar surface area (TPSA) is 27.7 Å². The summed E-state index contributed by atoms with van der Waals surface area (Å²) in [6.07, 6.45) is 0. The smallest absolute Gasteiger partial charge is 0.514 e. The van der Waals surface area contributed by atoms with E-state index in [1.54, 1.807) is 0 Å². The van der Waals surface area contributed by atoms with Crippen LogP contribution in [0.15, 0.2) is 0 Å². The van der Waals surface area contributed by atoms with Crippen molar-refractivity contribution < 1.29 is 65.6 Å². The molecule has 0 rings (SSSR count). The zero-order valence-electron chi connectivity index (χ0n) is 11.7. The molecule has 0 aliphatic rings. The minimum Gasteiger partial charge on any atom is -0.514 e. The Balaban J connectivity index is -0.000000352. The number of hydrogen-bond donors (Lipinski definition) is 0. The fourth-order valence-electron chi connectivity index (χ4n) is 0.474. The summed E-state index contributed by atoms with van der Waals surface area (Å²) >= 11 is 18.6. The van der Waals surface area contributed by atoms with E-state index in [1.807, 2.05) is 20.8 Å². The van der Waals surface area contributed by atoms with Gasteiger partial charge in [-0.25, -0.2) is 0 Å². The first-order valence-corrected chi connectivity index (χ1v) is 10.3. The Bertz CT molecular complexity index is 260. The minimum atomic E-state index is 0. The third-order valence-corrected chi connectivity index (χ3v) is 5.78. The first-order valence-electron chi connectivity index (χ1n) is 5.16. The van der Waals surface area contributed by atoms with Crippen LogP contribution in [0.25, 0.3) is 0 Å². The third kappa shape index (κ3) is 25.5. The summed E-state index contributed by atoms with van der Waals surface area (Å²) in [6.45, 7) is 7.44. The summed E-state index contributed by atoms with van der Waals surface area (Å²) < 4.78 is 16.0. The molecule has 0 aromatic rings. The maximum atomic E-state index is 5.06. The summed E-state index contributed by atoms with van der Waals surface area (Å²) in [7, 11) is 4.20. The first kappa shape index (κ1) is 27.4. The van der Waals surface area contributed by atoms with Crippen LogP contribution >= 0.6 is 68.1 Å². The van der Waals surface area contributed by atoms with Crippen LogP contribution in [0.2, 0.25) is 0 Å². The Hall–Kier alpha value is 2.58. The maximum absolute atomic E-state index is 5.06. The first-order chi connectivity index (χ1) is 8.97.